The van der Waals surface area contributed by atoms with Gasteiger partial charge in [-0.2, -0.15) is 0 Å². The average molecular weight is 457 g/mol. The first-order valence-corrected chi connectivity index (χ1v) is 10.3. The summed E-state index contributed by atoms with van der Waals surface area (Å²) in [6.45, 7) is 3.45. The highest BCUT2D eigenvalue weighted by atomic mass is 16.5. The van der Waals surface area contributed by atoms with Gasteiger partial charge in [0.2, 0.25) is 11.9 Å². The minimum absolute atomic E-state index is 0.130. The van der Waals surface area contributed by atoms with Gasteiger partial charge in [-0.25, -0.2) is 14.8 Å². The third-order valence-corrected chi connectivity index (χ3v) is 5.26. The number of nitrogens with zero attached hydrogens (tertiary/aromatic N) is 3. The molecular formula is C25H23N5O4. The van der Waals surface area contributed by atoms with Crippen LogP contribution in [0.3, 0.4) is 0 Å². The van der Waals surface area contributed by atoms with Crippen LogP contribution in [0.2, 0.25) is 0 Å². The van der Waals surface area contributed by atoms with Crippen LogP contribution >= 0.6 is 0 Å². The Hall–Kier alpha value is -4.66. The van der Waals surface area contributed by atoms with Gasteiger partial charge >= 0.3 is 5.97 Å². The SMILES string of the molecule is C=CC(=O)Nc1cc(Nc2nccc(-c3cn(C)c4ccccc34)n2)c(OC)cc1C(=O)OC. The lowest BCUT2D eigenvalue weighted by molar-refractivity contribution is -0.111. The van der Waals surface area contributed by atoms with Crippen LogP contribution in [0.1, 0.15) is 10.4 Å². The molecule has 4 rings (SSSR count). The van der Waals surface area contributed by atoms with E-state index in [-0.39, 0.29) is 11.3 Å². The first kappa shape index (κ1) is 22.5. The van der Waals surface area contributed by atoms with Gasteiger partial charge in [-0.05, 0) is 30.3 Å². The number of carbonyl (C=O) groups excluding carboxylic acids is 2. The number of benzene rings is 2. The first-order chi connectivity index (χ1) is 16.4. The lowest BCUT2D eigenvalue weighted by Gasteiger charge is -2.15. The molecule has 2 N–H and O–H groups in total. The van der Waals surface area contributed by atoms with Crippen molar-refractivity contribution in [3.05, 3.63) is 73.1 Å². The molecular weight excluding hydrogens is 434 g/mol. The Morgan fingerprint density at radius 1 is 1.12 bits per heavy atom. The summed E-state index contributed by atoms with van der Waals surface area (Å²) in [7, 11) is 4.71. The average Bonchev–Trinajstić information content (AvgIpc) is 3.20. The van der Waals surface area contributed by atoms with Gasteiger partial charge in [-0.3, -0.25) is 4.79 Å². The number of aromatic nitrogens is 3. The third kappa shape index (κ3) is 4.31. The summed E-state index contributed by atoms with van der Waals surface area (Å²) in [5.74, 6) is -0.444. The highest BCUT2D eigenvalue weighted by Gasteiger charge is 2.19. The van der Waals surface area contributed by atoms with E-state index in [9.17, 15) is 9.59 Å². The van der Waals surface area contributed by atoms with E-state index in [1.54, 1.807) is 12.3 Å². The monoisotopic (exact) mass is 457 g/mol. The van der Waals surface area contributed by atoms with Crippen molar-refractivity contribution >= 4 is 40.1 Å². The molecule has 9 heteroatoms. The predicted octanol–water partition coefficient (Wildman–Crippen LogP) is 4.30. The highest BCUT2D eigenvalue weighted by Crippen LogP contribution is 2.34. The number of aryl methyl sites for hydroxylation is 1. The third-order valence-electron chi connectivity index (χ3n) is 5.26. The summed E-state index contributed by atoms with van der Waals surface area (Å²) < 4.78 is 12.3. The summed E-state index contributed by atoms with van der Waals surface area (Å²) >= 11 is 0. The van der Waals surface area contributed by atoms with Crippen molar-refractivity contribution in [3.63, 3.8) is 0 Å². The van der Waals surface area contributed by atoms with Gasteiger partial charge in [-0.15, -0.1) is 0 Å². The maximum atomic E-state index is 12.3. The van der Waals surface area contributed by atoms with E-state index in [0.29, 0.717) is 17.4 Å². The Kier molecular flexibility index (Phi) is 6.26. The van der Waals surface area contributed by atoms with Crippen LogP contribution in [0.5, 0.6) is 5.75 Å². The standard InChI is InChI=1S/C25H23N5O4/c1-5-23(31)27-19-13-20(22(33-3)12-16(19)24(32)34-4)29-25-26-11-10-18(28-25)17-14-30(2)21-9-7-6-8-15(17)21/h5-14H,1H2,2-4H3,(H,27,31)(H,26,28,29). The van der Waals surface area contributed by atoms with Gasteiger partial charge in [0.1, 0.15) is 5.75 Å². The van der Waals surface area contributed by atoms with E-state index < -0.39 is 11.9 Å². The second kappa shape index (κ2) is 9.45. The van der Waals surface area contributed by atoms with Gasteiger partial charge in [0.25, 0.3) is 0 Å². The normalized spacial score (nSPS) is 10.6. The Bertz CT molecular complexity index is 1410. The lowest BCUT2D eigenvalue weighted by Crippen LogP contribution is -2.14. The quantitative estimate of drug-likeness (QED) is 0.315. The Balaban J connectivity index is 1.75. The number of fused-ring (bicyclic) bond motifs is 1. The molecule has 1 amide bonds. The van der Waals surface area contributed by atoms with Crippen LogP contribution in [-0.2, 0) is 16.6 Å². The fourth-order valence-corrected chi connectivity index (χ4v) is 3.65. The number of methoxy groups -OCH3 is 2. The topological polar surface area (TPSA) is 107 Å². The van der Waals surface area contributed by atoms with Gasteiger partial charge in [0.05, 0.1) is 36.9 Å². The molecule has 0 atom stereocenters. The van der Waals surface area contributed by atoms with Gasteiger partial charge < -0.3 is 24.7 Å². The molecule has 4 aromatic rings. The van der Waals surface area contributed by atoms with Crippen LogP contribution < -0.4 is 15.4 Å². The molecule has 172 valence electrons. The Morgan fingerprint density at radius 3 is 2.65 bits per heavy atom. The zero-order chi connectivity index (χ0) is 24.2. The summed E-state index contributed by atoms with van der Waals surface area (Å²) in [6, 6.07) is 12.9. The second-order valence-electron chi connectivity index (χ2n) is 7.34. The first-order valence-electron chi connectivity index (χ1n) is 10.3. The van der Waals surface area contributed by atoms with Crippen LogP contribution in [-0.4, -0.2) is 40.6 Å². The minimum atomic E-state index is -0.626. The van der Waals surface area contributed by atoms with Crippen molar-refractivity contribution in [2.24, 2.45) is 7.05 Å². The van der Waals surface area contributed by atoms with Crippen LogP contribution in [0.4, 0.5) is 17.3 Å². The molecule has 0 aliphatic heterocycles. The number of carbonyl (C=O) groups is 2. The molecule has 0 spiro atoms. The van der Waals surface area contributed by atoms with Crippen LogP contribution in [0.15, 0.2) is 67.5 Å². The number of amides is 1. The molecule has 0 saturated carbocycles. The van der Waals surface area contributed by atoms with E-state index in [2.05, 4.69) is 27.2 Å². The van der Waals surface area contributed by atoms with Crippen molar-refractivity contribution in [1.82, 2.24) is 14.5 Å². The van der Waals surface area contributed by atoms with Gasteiger partial charge in [0.15, 0.2) is 0 Å². The number of hydrogen-bond acceptors (Lipinski definition) is 7. The van der Waals surface area contributed by atoms with Crippen molar-refractivity contribution in [2.75, 3.05) is 24.9 Å². The van der Waals surface area contributed by atoms with Crippen molar-refractivity contribution < 1.29 is 19.1 Å². The van der Waals surface area contributed by atoms with Crippen molar-refractivity contribution in [3.8, 4) is 17.0 Å². The molecule has 0 aliphatic carbocycles. The lowest BCUT2D eigenvalue weighted by atomic mass is 10.1. The second-order valence-corrected chi connectivity index (χ2v) is 7.34. The van der Waals surface area contributed by atoms with Gasteiger partial charge in [0, 0.05) is 35.9 Å². The molecule has 2 heterocycles. The predicted molar refractivity (Wildman–Crippen MR) is 130 cm³/mol. The van der Waals surface area contributed by atoms with E-state index in [0.717, 1.165) is 28.2 Å². The highest BCUT2D eigenvalue weighted by molar-refractivity contribution is 6.06. The number of hydrogen-bond donors (Lipinski definition) is 2. The smallest absolute Gasteiger partial charge is 0.340 e. The number of nitrogens with one attached hydrogen (secondary N) is 2. The number of rotatable bonds is 7. The summed E-state index contributed by atoms with van der Waals surface area (Å²) in [6.07, 6.45) is 4.78. The number of anilines is 3. The molecule has 0 saturated heterocycles. The maximum absolute atomic E-state index is 12.3. The fourth-order valence-electron chi connectivity index (χ4n) is 3.65. The number of para-hydroxylation sites is 1. The number of esters is 1. The molecule has 0 radical (unpaired) electrons. The van der Waals surface area contributed by atoms with E-state index in [1.165, 1.54) is 20.3 Å². The van der Waals surface area contributed by atoms with E-state index in [4.69, 9.17) is 9.47 Å². The fraction of sp³-hybridized carbons (Fsp3) is 0.120. The maximum Gasteiger partial charge on any atom is 0.340 e. The van der Waals surface area contributed by atoms with Crippen LogP contribution in [0, 0.1) is 0 Å². The molecule has 34 heavy (non-hydrogen) atoms. The van der Waals surface area contributed by atoms with E-state index >= 15 is 0 Å². The molecule has 2 aromatic heterocycles. The molecule has 0 unspecified atom stereocenters. The van der Waals surface area contributed by atoms with Crippen LogP contribution in [0.25, 0.3) is 22.2 Å². The minimum Gasteiger partial charge on any atom is -0.495 e. The zero-order valence-electron chi connectivity index (χ0n) is 19.0. The van der Waals surface area contributed by atoms with E-state index in [1.807, 2.05) is 48.1 Å². The summed E-state index contributed by atoms with van der Waals surface area (Å²) in [5.41, 5.74) is 3.60. The summed E-state index contributed by atoms with van der Waals surface area (Å²) in [5, 5.41) is 6.81. The van der Waals surface area contributed by atoms with Crippen molar-refractivity contribution in [1.29, 1.82) is 0 Å². The van der Waals surface area contributed by atoms with Crippen molar-refractivity contribution in [2.45, 2.75) is 0 Å². The zero-order valence-corrected chi connectivity index (χ0v) is 19.0. The molecule has 9 nitrogen and oxygen atoms in total. The Labute approximate surface area is 196 Å². The largest absolute Gasteiger partial charge is 0.495 e. The molecule has 0 bridgehead atoms. The molecule has 0 fully saturated rings. The molecule has 0 aliphatic rings. The molecule has 2 aromatic carbocycles. The Morgan fingerprint density at radius 2 is 1.91 bits per heavy atom. The summed E-state index contributed by atoms with van der Waals surface area (Å²) in [4.78, 5) is 33.2. The number of ether oxygens (including phenoxy) is 2. The van der Waals surface area contributed by atoms with Gasteiger partial charge in [-0.1, -0.05) is 24.8 Å².